The molecule has 4 nitrogen and oxygen atoms in total. The fourth-order valence-electron chi connectivity index (χ4n) is 1.37. The fourth-order valence-corrected chi connectivity index (χ4v) is 1.72. The number of fused-ring (bicyclic) bond motifs is 1. The van der Waals surface area contributed by atoms with Crippen molar-refractivity contribution in [1.82, 2.24) is 4.73 Å². The SMILES string of the molecule is CC(=O)On1cc(O)c2ccc(Br)cc21. The van der Waals surface area contributed by atoms with Crippen LogP contribution in [0.15, 0.2) is 28.9 Å². The summed E-state index contributed by atoms with van der Waals surface area (Å²) in [6, 6.07) is 5.31. The summed E-state index contributed by atoms with van der Waals surface area (Å²) in [6.45, 7) is 1.31. The molecule has 2 aromatic rings. The van der Waals surface area contributed by atoms with Crippen molar-refractivity contribution in [3.63, 3.8) is 0 Å². The topological polar surface area (TPSA) is 51.5 Å². The average molecular weight is 270 g/mol. The Kier molecular flexibility index (Phi) is 2.40. The van der Waals surface area contributed by atoms with Crippen LogP contribution in [0.4, 0.5) is 0 Å². The van der Waals surface area contributed by atoms with Gasteiger partial charge in [-0.15, -0.1) is 0 Å². The van der Waals surface area contributed by atoms with Gasteiger partial charge < -0.3 is 9.94 Å². The number of aromatic nitrogens is 1. The molecular formula is C10H8BrNO3. The summed E-state index contributed by atoms with van der Waals surface area (Å²) in [5, 5.41) is 10.2. The van der Waals surface area contributed by atoms with E-state index in [0.717, 1.165) is 4.47 Å². The second-order valence-electron chi connectivity index (χ2n) is 3.08. The lowest BCUT2D eigenvalue weighted by atomic mass is 10.2. The summed E-state index contributed by atoms with van der Waals surface area (Å²) in [5.41, 5.74) is 0.636. The van der Waals surface area contributed by atoms with Crippen LogP contribution in [0.3, 0.4) is 0 Å². The molecule has 0 saturated carbocycles. The number of rotatable bonds is 1. The van der Waals surface area contributed by atoms with Crippen LogP contribution in [0.2, 0.25) is 0 Å². The van der Waals surface area contributed by atoms with Crippen molar-refractivity contribution in [1.29, 1.82) is 0 Å². The van der Waals surface area contributed by atoms with Crippen molar-refractivity contribution in [2.75, 3.05) is 0 Å². The summed E-state index contributed by atoms with van der Waals surface area (Å²) in [6.07, 6.45) is 1.36. The molecule has 5 heteroatoms. The molecule has 1 heterocycles. The van der Waals surface area contributed by atoms with Crippen LogP contribution in [-0.4, -0.2) is 15.8 Å². The molecule has 1 N–H and O–H groups in total. The molecule has 0 bridgehead atoms. The zero-order valence-electron chi connectivity index (χ0n) is 7.90. The van der Waals surface area contributed by atoms with Gasteiger partial charge in [-0.25, -0.2) is 4.79 Å². The van der Waals surface area contributed by atoms with E-state index >= 15 is 0 Å². The van der Waals surface area contributed by atoms with Crippen LogP contribution in [0.5, 0.6) is 5.75 Å². The van der Waals surface area contributed by atoms with Crippen molar-refractivity contribution in [2.24, 2.45) is 0 Å². The van der Waals surface area contributed by atoms with Gasteiger partial charge in [-0.05, 0) is 18.2 Å². The Bertz CT molecular complexity index is 533. The highest BCUT2D eigenvalue weighted by atomic mass is 79.9. The molecule has 0 spiro atoms. The molecular weight excluding hydrogens is 262 g/mol. The standard InChI is InChI=1S/C10H8BrNO3/c1-6(13)15-12-5-10(14)8-3-2-7(11)4-9(8)12/h2-5,14H,1H3. The molecule has 0 amide bonds. The second-order valence-corrected chi connectivity index (χ2v) is 4.00. The van der Waals surface area contributed by atoms with E-state index in [4.69, 9.17) is 4.84 Å². The third-order valence-corrected chi connectivity index (χ3v) is 2.43. The van der Waals surface area contributed by atoms with Gasteiger partial charge >= 0.3 is 5.97 Å². The van der Waals surface area contributed by atoms with E-state index in [2.05, 4.69) is 15.9 Å². The van der Waals surface area contributed by atoms with Crippen LogP contribution in [0.25, 0.3) is 10.9 Å². The Morgan fingerprint density at radius 2 is 2.27 bits per heavy atom. The first kappa shape index (κ1) is 10.0. The van der Waals surface area contributed by atoms with Gasteiger partial charge in [0.15, 0.2) is 0 Å². The third-order valence-electron chi connectivity index (χ3n) is 1.94. The lowest BCUT2D eigenvalue weighted by Crippen LogP contribution is -2.14. The van der Waals surface area contributed by atoms with Crippen molar-refractivity contribution < 1.29 is 14.7 Å². The predicted octanol–water partition coefficient (Wildman–Crippen LogP) is 2.08. The fraction of sp³-hybridized carbons (Fsp3) is 0.100. The first-order valence-electron chi connectivity index (χ1n) is 4.26. The van der Waals surface area contributed by atoms with Gasteiger partial charge in [-0.1, -0.05) is 15.9 Å². The van der Waals surface area contributed by atoms with Gasteiger partial charge in [-0.2, -0.15) is 4.73 Å². The van der Waals surface area contributed by atoms with Gasteiger partial charge in [0.1, 0.15) is 5.75 Å². The Morgan fingerprint density at radius 3 is 2.93 bits per heavy atom. The van der Waals surface area contributed by atoms with Crippen molar-refractivity contribution in [3.05, 3.63) is 28.9 Å². The minimum atomic E-state index is -0.438. The third kappa shape index (κ3) is 1.83. The minimum absolute atomic E-state index is 0.0822. The molecule has 1 aromatic carbocycles. The smallest absolute Gasteiger partial charge is 0.329 e. The summed E-state index contributed by atoms with van der Waals surface area (Å²) < 4.78 is 2.10. The maximum atomic E-state index is 10.8. The maximum absolute atomic E-state index is 10.8. The van der Waals surface area contributed by atoms with Gasteiger partial charge in [0.2, 0.25) is 0 Å². The van der Waals surface area contributed by atoms with Crippen molar-refractivity contribution >= 4 is 32.8 Å². The quantitative estimate of drug-likeness (QED) is 0.863. The molecule has 78 valence electrons. The molecule has 0 unspecified atom stereocenters. The minimum Gasteiger partial charge on any atom is -0.506 e. The van der Waals surface area contributed by atoms with Crippen LogP contribution >= 0.6 is 15.9 Å². The van der Waals surface area contributed by atoms with Crippen LogP contribution in [0, 0.1) is 0 Å². The highest BCUT2D eigenvalue weighted by Gasteiger charge is 2.09. The highest BCUT2D eigenvalue weighted by molar-refractivity contribution is 9.10. The van der Waals surface area contributed by atoms with E-state index in [-0.39, 0.29) is 5.75 Å². The van der Waals surface area contributed by atoms with E-state index in [1.165, 1.54) is 17.9 Å². The molecule has 0 fully saturated rings. The first-order chi connectivity index (χ1) is 7.08. The average Bonchev–Trinajstić information content (AvgIpc) is 2.42. The van der Waals surface area contributed by atoms with Gasteiger partial charge in [0.05, 0.1) is 11.7 Å². The van der Waals surface area contributed by atoms with E-state index in [1.54, 1.807) is 18.2 Å². The Balaban J connectivity index is 2.64. The number of hydrogen-bond donors (Lipinski definition) is 1. The van der Waals surface area contributed by atoms with E-state index in [9.17, 15) is 9.90 Å². The number of hydrogen-bond acceptors (Lipinski definition) is 3. The second kappa shape index (κ2) is 3.58. The number of nitrogens with zero attached hydrogens (tertiary/aromatic N) is 1. The number of halogens is 1. The highest BCUT2D eigenvalue weighted by Crippen LogP contribution is 2.28. The number of carbonyl (C=O) groups is 1. The Morgan fingerprint density at radius 1 is 1.53 bits per heavy atom. The molecule has 0 saturated heterocycles. The molecule has 1 aromatic heterocycles. The maximum Gasteiger partial charge on any atom is 0.329 e. The Hall–Kier alpha value is -1.49. The number of aromatic hydroxyl groups is 1. The molecule has 15 heavy (non-hydrogen) atoms. The summed E-state index contributed by atoms with van der Waals surface area (Å²) >= 11 is 3.31. The summed E-state index contributed by atoms with van der Waals surface area (Å²) in [7, 11) is 0. The largest absolute Gasteiger partial charge is 0.506 e. The summed E-state index contributed by atoms with van der Waals surface area (Å²) in [5.74, 6) is -0.356. The monoisotopic (exact) mass is 269 g/mol. The Labute approximate surface area is 94.2 Å². The first-order valence-corrected chi connectivity index (χ1v) is 5.05. The van der Waals surface area contributed by atoms with Crippen molar-refractivity contribution in [3.8, 4) is 5.75 Å². The predicted molar refractivity (Wildman–Crippen MR) is 58.6 cm³/mol. The van der Waals surface area contributed by atoms with E-state index in [0.29, 0.717) is 10.9 Å². The summed E-state index contributed by atoms with van der Waals surface area (Å²) in [4.78, 5) is 15.7. The lowest BCUT2D eigenvalue weighted by molar-refractivity contribution is -0.140. The number of benzene rings is 1. The molecule has 0 aliphatic heterocycles. The molecule has 0 radical (unpaired) electrons. The zero-order valence-corrected chi connectivity index (χ0v) is 9.48. The molecule has 0 atom stereocenters. The van der Waals surface area contributed by atoms with Crippen LogP contribution < -0.4 is 4.84 Å². The van der Waals surface area contributed by atoms with Crippen LogP contribution in [0.1, 0.15) is 6.92 Å². The lowest BCUT2D eigenvalue weighted by Gasteiger charge is -2.02. The van der Waals surface area contributed by atoms with E-state index in [1.807, 2.05) is 0 Å². The molecule has 0 aliphatic carbocycles. The zero-order chi connectivity index (χ0) is 11.0. The van der Waals surface area contributed by atoms with Gasteiger partial charge in [0, 0.05) is 16.8 Å². The molecule has 0 aliphatic rings. The van der Waals surface area contributed by atoms with E-state index < -0.39 is 5.97 Å². The number of carbonyl (C=O) groups excluding carboxylic acids is 1. The van der Waals surface area contributed by atoms with Crippen LogP contribution in [-0.2, 0) is 4.79 Å². The van der Waals surface area contributed by atoms with Gasteiger partial charge in [-0.3, -0.25) is 0 Å². The van der Waals surface area contributed by atoms with Crippen molar-refractivity contribution in [2.45, 2.75) is 6.92 Å². The normalized spacial score (nSPS) is 10.5. The van der Waals surface area contributed by atoms with Gasteiger partial charge in [0.25, 0.3) is 0 Å². The molecule has 2 rings (SSSR count).